The molecule has 0 aliphatic heterocycles. The molecule has 1 N–H and O–H groups in total. The van der Waals surface area contributed by atoms with Gasteiger partial charge in [0.05, 0.1) is 22.9 Å². The summed E-state index contributed by atoms with van der Waals surface area (Å²) in [5.41, 5.74) is 3.42. The van der Waals surface area contributed by atoms with E-state index in [-0.39, 0.29) is 5.41 Å². The van der Waals surface area contributed by atoms with Gasteiger partial charge in [-0.25, -0.2) is 4.98 Å². The first kappa shape index (κ1) is 13.0. The smallest absolute Gasteiger partial charge is 0.0982 e. The minimum atomic E-state index is 0.133. The zero-order valence-corrected chi connectivity index (χ0v) is 12.1. The van der Waals surface area contributed by atoms with E-state index in [1.165, 1.54) is 5.01 Å². The van der Waals surface area contributed by atoms with E-state index in [1.807, 2.05) is 19.3 Å². The second-order valence-corrected chi connectivity index (χ2v) is 6.36. The highest BCUT2D eigenvalue weighted by atomic mass is 32.1. The first-order chi connectivity index (χ1) is 8.45. The molecule has 96 valence electrons. The third kappa shape index (κ3) is 3.29. The molecular weight excluding hydrogens is 242 g/mol. The van der Waals surface area contributed by atoms with Crippen LogP contribution in [0.2, 0.25) is 0 Å². The van der Waals surface area contributed by atoms with Crippen molar-refractivity contribution in [2.24, 2.45) is 0 Å². The Bertz CT molecular complexity index is 526. The molecule has 0 saturated heterocycles. The van der Waals surface area contributed by atoms with Crippen molar-refractivity contribution in [1.29, 1.82) is 0 Å². The fourth-order valence-corrected chi connectivity index (χ4v) is 2.48. The van der Waals surface area contributed by atoms with Gasteiger partial charge in [0.25, 0.3) is 0 Å². The summed E-state index contributed by atoms with van der Waals surface area (Å²) in [6.07, 6.45) is 3.69. The Labute approximate surface area is 112 Å². The van der Waals surface area contributed by atoms with Gasteiger partial charge in [-0.3, -0.25) is 4.98 Å². The van der Waals surface area contributed by atoms with Gasteiger partial charge in [0.1, 0.15) is 0 Å². The molecule has 0 bridgehead atoms. The normalized spacial score (nSPS) is 11.6. The van der Waals surface area contributed by atoms with Crippen molar-refractivity contribution >= 4 is 17.0 Å². The lowest BCUT2D eigenvalue weighted by molar-refractivity contribution is 0.583. The molecule has 0 fully saturated rings. The van der Waals surface area contributed by atoms with E-state index in [0.717, 1.165) is 23.5 Å². The van der Waals surface area contributed by atoms with Crippen LogP contribution in [0.3, 0.4) is 0 Å². The molecule has 0 saturated carbocycles. The highest BCUT2D eigenvalue weighted by Crippen LogP contribution is 2.25. The molecule has 0 radical (unpaired) electrons. The van der Waals surface area contributed by atoms with Gasteiger partial charge in [0.2, 0.25) is 0 Å². The number of hydrogen-bond donors (Lipinski definition) is 1. The van der Waals surface area contributed by atoms with E-state index in [9.17, 15) is 0 Å². The van der Waals surface area contributed by atoms with Gasteiger partial charge in [-0.15, -0.1) is 11.3 Å². The van der Waals surface area contributed by atoms with Gasteiger partial charge in [-0.05, 0) is 18.6 Å². The summed E-state index contributed by atoms with van der Waals surface area (Å²) in [4.78, 5) is 8.82. The zero-order valence-electron chi connectivity index (χ0n) is 11.3. The number of nitrogens with zero attached hydrogens (tertiary/aromatic N) is 2. The van der Waals surface area contributed by atoms with Crippen molar-refractivity contribution in [3.8, 4) is 0 Å². The lowest BCUT2D eigenvalue weighted by atomic mass is 9.98. The maximum atomic E-state index is 4.65. The molecule has 0 aromatic carbocycles. The number of aromatic nitrogens is 2. The molecule has 3 nitrogen and oxygen atoms in total. The number of rotatable bonds is 3. The quantitative estimate of drug-likeness (QED) is 0.914. The Balaban J connectivity index is 2.01. The van der Waals surface area contributed by atoms with Crippen molar-refractivity contribution in [1.82, 2.24) is 9.97 Å². The molecule has 0 aliphatic carbocycles. The number of thiazole rings is 1. The molecule has 0 aliphatic rings. The SMILES string of the molecule is Cc1cncc(NCc2csc(C(C)(C)C)n2)c1. The van der Waals surface area contributed by atoms with Crippen LogP contribution in [-0.4, -0.2) is 9.97 Å². The summed E-state index contributed by atoms with van der Waals surface area (Å²) in [5.74, 6) is 0. The van der Waals surface area contributed by atoms with Gasteiger partial charge in [-0.2, -0.15) is 0 Å². The number of aryl methyl sites for hydroxylation is 1. The molecule has 2 heterocycles. The molecule has 0 unspecified atom stereocenters. The van der Waals surface area contributed by atoms with Crippen LogP contribution in [0.25, 0.3) is 0 Å². The van der Waals surface area contributed by atoms with E-state index in [4.69, 9.17) is 0 Å². The molecule has 0 amide bonds. The van der Waals surface area contributed by atoms with Crippen molar-refractivity contribution in [2.75, 3.05) is 5.32 Å². The molecule has 4 heteroatoms. The predicted molar refractivity (Wildman–Crippen MR) is 77.1 cm³/mol. The average molecular weight is 261 g/mol. The van der Waals surface area contributed by atoms with Gasteiger partial charge in [-0.1, -0.05) is 20.8 Å². The Morgan fingerprint density at radius 2 is 2.06 bits per heavy atom. The van der Waals surface area contributed by atoms with E-state index in [2.05, 4.69) is 47.5 Å². The summed E-state index contributed by atoms with van der Waals surface area (Å²) in [6, 6.07) is 2.09. The van der Waals surface area contributed by atoms with Crippen LogP contribution < -0.4 is 5.32 Å². The minimum absolute atomic E-state index is 0.133. The van der Waals surface area contributed by atoms with Crippen LogP contribution >= 0.6 is 11.3 Å². The summed E-state index contributed by atoms with van der Waals surface area (Å²) in [6.45, 7) is 9.35. The second-order valence-electron chi connectivity index (χ2n) is 5.50. The third-order valence-electron chi connectivity index (χ3n) is 2.54. The number of pyridine rings is 1. The zero-order chi connectivity index (χ0) is 13.2. The molecule has 2 aromatic heterocycles. The molecule has 2 aromatic rings. The Hall–Kier alpha value is -1.42. The fourth-order valence-electron chi connectivity index (χ4n) is 1.58. The van der Waals surface area contributed by atoms with Gasteiger partial charge >= 0.3 is 0 Å². The monoisotopic (exact) mass is 261 g/mol. The summed E-state index contributed by atoms with van der Waals surface area (Å²) in [5, 5.41) is 6.65. The van der Waals surface area contributed by atoms with Crippen LogP contribution in [0.15, 0.2) is 23.8 Å². The standard InChI is InChI=1S/C14H19N3S/c1-10-5-11(7-15-6-10)16-8-12-9-18-13(17-12)14(2,3)4/h5-7,9,16H,8H2,1-4H3. The van der Waals surface area contributed by atoms with Crippen molar-refractivity contribution in [3.05, 3.63) is 40.1 Å². The largest absolute Gasteiger partial charge is 0.378 e. The van der Waals surface area contributed by atoms with E-state index >= 15 is 0 Å². The molecule has 0 atom stereocenters. The Morgan fingerprint density at radius 1 is 1.28 bits per heavy atom. The lowest BCUT2D eigenvalue weighted by Gasteiger charge is -2.13. The Morgan fingerprint density at radius 3 is 2.67 bits per heavy atom. The van der Waals surface area contributed by atoms with Crippen molar-refractivity contribution in [2.45, 2.75) is 39.7 Å². The van der Waals surface area contributed by atoms with Crippen LogP contribution in [0.1, 0.15) is 37.0 Å². The van der Waals surface area contributed by atoms with Gasteiger partial charge in [0, 0.05) is 23.2 Å². The number of nitrogens with one attached hydrogen (secondary N) is 1. The predicted octanol–water partition coefficient (Wildman–Crippen LogP) is 3.76. The maximum absolute atomic E-state index is 4.65. The topological polar surface area (TPSA) is 37.8 Å². The average Bonchev–Trinajstić information content (AvgIpc) is 2.74. The van der Waals surface area contributed by atoms with Crippen LogP contribution in [0.4, 0.5) is 5.69 Å². The number of anilines is 1. The van der Waals surface area contributed by atoms with Crippen molar-refractivity contribution in [3.63, 3.8) is 0 Å². The van der Waals surface area contributed by atoms with Crippen LogP contribution in [0, 0.1) is 6.92 Å². The van der Waals surface area contributed by atoms with Crippen LogP contribution in [0.5, 0.6) is 0 Å². The molecular formula is C14H19N3S. The highest BCUT2D eigenvalue weighted by Gasteiger charge is 2.17. The van der Waals surface area contributed by atoms with Gasteiger partial charge < -0.3 is 5.32 Å². The fraction of sp³-hybridized carbons (Fsp3) is 0.429. The van der Waals surface area contributed by atoms with Gasteiger partial charge in [0.15, 0.2) is 0 Å². The molecule has 2 rings (SSSR count). The molecule has 0 spiro atoms. The highest BCUT2D eigenvalue weighted by molar-refractivity contribution is 7.09. The second kappa shape index (κ2) is 5.06. The summed E-state index contributed by atoms with van der Waals surface area (Å²) >= 11 is 1.73. The Kier molecular flexibility index (Phi) is 3.66. The van der Waals surface area contributed by atoms with Crippen LogP contribution in [-0.2, 0) is 12.0 Å². The summed E-state index contributed by atoms with van der Waals surface area (Å²) in [7, 11) is 0. The maximum Gasteiger partial charge on any atom is 0.0982 e. The summed E-state index contributed by atoms with van der Waals surface area (Å²) < 4.78 is 0. The van der Waals surface area contributed by atoms with E-state index in [1.54, 1.807) is 11.3 Å². The lowest BCUT2D eigenvalue weighted by Crippen LogP contribution is -2.11. The third-order valence-corrected chi connectivity index (χ3v) is 3.86. The minimum Gasteiger partial charge on any atom is -0.378 e. The van der Waals surface area contributed by atoms with E-state index in [0.29, 0.717) is 0 Å². The first-order valence-electron chi connectivity index (χ1n) is 6.05. The molecule has 18 heavy (non-hydrogen) atoms. The van der Waals surface area contributed by atoms with E-state index < -0.39 is 0 Å². The van der Waals surface area contributed by atoms with Crippen molar-refractivity contribution < 1.29 is 0 Å². The number of hydrogen-bond acceptors (Lipinski definition) is 4. The first-order valence-corrected chi connectivity index (χ1v) is 6.93.